The Bertz CT molecular complexity index is 1440. The number of nitrogens with one attached hydrogen (secondary N) is 3. The van der Waals surface area contributed by atoms with Crippen LogP contribution >= 0.6 is 0 Å². The van der Waals surface area contributed by atoms with E-state index in [4.69, 9.17) is 14.2 Å². The molecule has 1 heterocycles. The Balaban J connectivity index is 3.15. The van der Waals surface area contributed by atoms with E-state index in [9.17, 15) is 58.8 Å². The average molecular weight is 853 g/mol. The van der Waals surface area contributed by atoms with Crippen molar-refractivity contribution >= 4 is 53.4 Å². The van der Waals surface area contributed by atoms with E-state index in [1.807, 2.05) is 0 Å². The second-order valence-electron chi connectivity index (χ2n) is 14.3. The van der Waals surface area contributed by atoms with Crippen LogP contribution in [0, 0.1) is 0 Å². The lowest BCUT2D eigenvalue weighted by atomic mass is 10.1. The lowest BCUT2D eigenvalue weighted by Crippen LogP contribution is -2.41. The van der Waals surface area contributed by atoms with Crippen LogP contribution in [0.5, 0.6) is 0 Å². The zero-order chi connectivity index (χ0) is 45.4. The Morgan fingerprint density at radius 2 is 0.733 bits per heavy atom. The van der Waals surface area contributed by atoms with Gasteiger partial charge < -0.3 is 30.2 Å². The van der Waals surface area contributed by atoms with Gasteiger partial charge in [0, 0.05) is 77.9 Å². The highest BCUT2D eigenvalue weighted by molar-refractivity contribution is 5.89. The molecule has 21 nitrogen and oxygen atoms in total. The van der Waals surface area contributed by atoms with Crippen molar-refractivity contribution in [1.29, 1.82) is 0 Å². The lowest BCUT2D eigenvalue weighted by molar-refractivity contribution is -0.160. The van der Waals surface area contributed by atoms with Crippen LogP contribution in [-0.2, 0) is 57.4 Å². The average Bonchev–Trinajstić information content (AvgIpc) is 3.15. The van der Waals surface area contributed by atoms with E-state index in [1.54, 1.807) is 20.8 Å². The fourth-order valence-electron chi connectivity index (χ4n) is 5.46. The van der Waals surface area contributed by atoms with Crippen molar-refractivity contribution in [2.75, 3.05) is 39.5 Å². The van der Waals surface area contributed by atoms with Gasteiger partial charge in [0.2, 0.25) is 17.7 Å². The normalized spacial score (nSPS) is 24.0. The number of esters is 3. The molecule has 21 heteroatoms. The van der Waals surface area contributed by atoms with Gasteiger partial charge in [-0.25, -0.2) is 29.6 Å². The minimum absolute atomic E-state index is 0.00642. The Kier molecular flexibility index (Phi) is 24.4. The number of carbonyl (C=O) groups excluding carboxylic acids is 9. The molecule has 0 aromatic carbocycles. The minimum atomic E-state index is -1.11. The molecule has 0 aliphatic carbocycles. The van der Waals surface area contributed by atoms with Gasteiger partial charge in [-0.05, 0) is 59.3 Å². The van der Waals surface area contributed by atoms with Crippen LogP contribution in [0.15, 0.2) is 34.9 Å². The molecule has 0 aromatic heterocycles. The summed E-state index contributed by atoms with van der Waals surface area (Å²) in [6.45, 7) is 7.11. The topological polar surface area (TPSA) is 288 Å². The van der Waals surface area contributed by atoms with Crippen molar-refractivity contribution in [3.63, 3.8) is 0 Å². The quantitative estimate of drug-likeness (QED) is 0.132. The van der Waals surface area contributed by atoms with Crippen LogP contribution in [0.2, 0.25) is 0 Å². The molecule has 3 atom stereocenters. The third-order valence-electron chi connectivity index (χ3n) is 8.67. The fraction of sp³-hybridized carbons (Fsp3) is 0.615. The second kappa shape index (κ2) is 27.9. The molecule has 3 unspecified atom stereocenters. The first-order valence-corrected chi connectivity index (χ1v) is 19.5. The number of hydrogen-bond acceptors (Lipinski definition) is 15. The summed E-state index contributed by atoms with van der Waals surface area (Å²) in [5.74, 6) is -6.32. The van der Waals surface area contributed by atoms with E-state index < -0.39 is 71.5 Å². The first-order chi connectivity index (χ1) is 28.2. The van der Waals surface area contributed by atoms with Crippen molar-refractivity contribution < 1.29 is 73.0 Å². The SMILES string of the molecule is CC(=O)NC1CCCN(O)C(=O)/C=C(/C)CCOC(=O)C(NC(C)=O)CCCN(O)C(=O)/C=C(\C)CCOC(=O)C(NC(C)=O)CCCN(O)C(=O)C=C(C)CCOC1=O. The van der Waals surface area contributed by atoms with Gasteiger partial charge in [-0.3, -0.25) is 44.4 Å². The van der Waals surface area contributed by atoms with Crippen LogP contribution in [0.3, 0.4) is 0 Å². The third-order valence-corrected chi connectivity index (χ3v) is 8.67. The van der Waals surface area contributed by atoms with Gasteiger partial charge in [-0.15, -0.1) is 0 Å². The minimum Gasteiger partial charge on any atom is -0.464 e. The predicted molar refractivity (Wildman–Crippen MR) is 209 cm³/mol. The van der Waals surface area contributed by atoms with E-state index in [2.05, 4.69) is 16.0 Å². The monoisotopic (exact) mass is 852 g/mol. The Labute approximate surface area is 349 Å². The standard InChI is InChI=1S/C39H60N6O15/c1-25-13-19-58-37(52)31(40-28(4)46)11-8-17-44(56)35(50)23-27(3)15-21-60-39(54)33(42-30(6)48)12-9-18-45(57)36(51)24-26(2)14-20-59-38(53)32(41-29(5)47)10-7-16-43(55)34(49)22-25/h22-24,31-33,55-57H,7-21H2,1-6H3,(H,40,46)(H,41,47)(H,42,48)/b25-22-,26-24?,27-23+. The summed E-state index contributed by atoms with van der Waals surface area (Å²) in [6, 6.07) is -3.33. The number of carbonyl (C=O) groups is 9. The lowest BCUT2D eigenvalue weighted by Gasteiger charge is -2.19. The van der Waals surface area contributed by atoms with Crippen molar-refractivity contribution in [1.82, 2.24) is 31.1 Å². The van der Waals surface area contributed by atoms with Gasteiger partial charge in [0.15, 0.2) is 0 Å². The van der Waals surface area contributed by atoms with Gasteiger partial charge in [0.05, 0.1) is 19.8 Å². The Morgan fingerprint density at radius 1 is 0.500 bits per heavy atom. The highest BCUT2D eigenvalue weighted by Crippen LogP contribution is 2.11. The molecule has 0 fully saturated rings. The number of ether oxygens (including phenoxy) is 3. The summed E-state index contributed by atoms with van der Waals surface area (Å²) in [6.07, 6.45) is 3.86. The van der Waals surface area contributed by atoms with Crippen molar-refractivity contribution in [3.05, 3.63) is 34.9 Å². The molecule has 1 aliphatic heterocycles. The van der Waals surface area contributed by atoms with E-state index in [0.29, 0.717) is 31.9 Å². The maximum atomic E-state index is 12.8. The number of nitrogens with zero attached hydrogens (tertiary/aromatic N) is 3. The van der Waals surface area contributed by atoms with Crippen molar-refractivity contribution in [2.24, 2.45) is 0 Å². The van der Waals surface area contributed by atoms with Crippen LogP contribution in [-0.4, -0.2) is 142 Å². The molecule has 0 aromatic rings. The van der Waals surface area contributed by atoms with Crippen LogP contribution in [0.25, 0.3) is 0 Å². The first-order valence-electron chi connectivity index (χ1n) is 19.5. The van der Waals surface area contributed by atoms with E-state index in [1.165, 1.54) is 20.8 Å². The predicted octanol–water partition coefficient (Wildman–Crippen LogP) is 1.15. The molecule has 60 heavy (non-hydrogen) atoms. The summed E-state index contributed by atoms with van der Waals surface area (Å²) in [7, 11) is 0. The van der Waals surface area contributed by atoms with Gasteiger partial charge in [0.25, 0.3) is 17.7 Å². The zero-order valence-electron chi connectivity index (χ0n) is 35.2. The van der Waals surface area contributed by atoms with Crippen molar-refractivity contribution in [3.8, 4) is 0 Å². The largest absolute Gasteiger partial charge is 0.464 e. The van der Waals surface area contributed by atoms with E-state index in [-0.39, 0.29) is 97.2 Å². The fourth-order valence-corrected chi connectivity index (χ4v) is 5.46. The number of amides is 6. The highest BCUT2D eigenvalue weighted by atomic mass is 16.5. The molecule has 0 saturated carbocycles. The van der Waals surface area contributed by atoms with Crippen LogP contribution in [0.1, 0.15) is 99.3 Å². The Hall–Kier alpha value is -5.67. The molecule has 1 aliphatic rings. The summed E-state index contributed by atoms with van der Waals surface area (Å²) in [5.41, 5.74) is 1.32. The third kappa shape index (κ3) is 22.5. The summed E-state index contributed by atoms with van der Waals surface area (Å²) < 4.78 is 15.9. The molecular weight excluding hydrogens is 792 g/mol. The molecule has 0 saturated heterocycles. The van der Waals surface area contributed by atoms with Crippen LogP contribution in [0.4, 0.5) is 0 Å². The van der Waals surface area contributed by atoms with Gasteiger partial charge in [-0.2, -0.15) is 0 Å². The zero-order valence-corrected chi connectivity index (χ0v) is 35.2. The number of hydroxylamine groups is 6. The summed E-state index contributed by atoms with van der Waals surface area (Å²) >= 11 is 0. The molecular formula is C39H60N6O15. The van der Waals surface area contributed by atoms with Crippen LogP contribution < -0.4 is 16.0 Å². The molecule has 0 radical (unpaired) electrons. The Morgan fingerprint density at radius 3 is 0.950 bits per heavy atom. The molecule has 6 N–H and O–H groups in total. The smallest absolute Gasteiger partial charge is 0.328 e. The molecule has 0 spiro atoms. The molecule has 6 amide bonds. The number of cyclic esters (lactones) is 3. The first kappa shape index (κ1) is 52.3. The maximum absolute atomic E-state index is 12.8. The number of rotatable bonds is 3. The second-order valence-corrected chi connectivity index (χ2v) is 14.3. The number of hydrogen-bond donors (Lipinski definition) is 6. The molecule has 336 valence electrons. The van der Waals surface area contributed by atoms with Crippen molar-refractivity contribution in [2.45, 2.75) is 117 Å². The van der Waals surface area contributed by atoms with E-state index >= 15 is 0 Å². The maximum Gasteiger partial charge on any atom is 0.328 e. The molecule has 0 bridgehead atoms. The van der Waals surface area contributed by atoms with E-state index in [0.717, 1.165) is 18.2 Å². The van der Waals surface area contributed by atoms with Gasteiger partial charge in [0.1, 0.15) is 18.1 Å². The van der Waals surface area contributed by atoms with Gasteiger partial charge in [-0.1, -0.05) is 16.7 Å². The summed E-state index contributed by atoms with van der Waals surface area (Å²) in [5, 5.41) is 39.6. The summed E-state index contributed by atoms with van der Waals surface area (Å²) in [4.78, 5) is 111. The van der Waals surface area contributed by atoms with Gasteiger partial charge >= 0.3 is 17.9 Å². The molecule has 1 rings (SSSR count). The highest BCUT2D eigenvalue weighted by Gasteiger charge is 2.25.